The zero-order valence-electron chi connectivity index (χ0n) is 15.2. The van der Waals surface area contributed by atoms with Crippen molar-refractivity contribution < 1.29 is 29.3 Å². The number of carboxylic acids is 1. The van der Waals surface area contributed by atoms with Gasteiger partial charge in [0, 0.05) is 6.07 Å². The number of esters is 1. The van der Waals surface area contributed by atoms with Crippen LogP contribution in [0.2, 0.25) is 0 Å². The maximum atomic E-state index is 12.9. The zero-order valence-corrected chi connectivity index (χ0v) is 15.2. The molecule has 2 heterocycles. The van der Waals surface area contributed by atoms with E-state index in [1.54, 1.807) is 18.2 Å². The molecule has 0 aliphatic heterocycles. The second-order valence-electron chi connectivity index (χ2n) is 6.57. The number of benzene rings is 1. The monoisotopic (exact) mass is 396 g/mol. The lowest BCUT2D eigenvalue weighted by Crippen LogP contribution is -2.29. The molecule has 1 aromatic carbocycles. The number of ether oxygens (including phenoxy) is 1. The number of hydrogen-bond donors (Lipinski definition) is 3. The SMILES string of the molecule is COC(=O)c1ccc2c(c1)CC[C@@H]2NC(=O)c1cc(C(=O)O)nc2c(O)cnn12. The number of aryl methyl sites for hydroxylation is 1. The van der Waals surface area contributed by atoms with Gasteiger partial charge in [-0.15, -0.1) is 0 Å². The fraction of sp³-hybridized carbons (Fsp3) is 0.211. The maximum absolute atomic E-state index is 12.9. The summed E-state index contributed by atoms with van der Waals surface area (Å²) < 4.78 is 5.82. The van der Waals surface area contributed by atoms with Gasteiger partial charge in [0.1, 0.15) is 5.69 Å². The normalized spacial score (nSPS) is 15.1. The number of fused-ring (bicyclic) bond motifs is 2. The summed E-state index contributed by atoms with van der Waals surface area (Å²) in [6.07, 6.45) is 2.37. The molecule has 0 spiro atoms. The Bertz CT molecular complexity index is 1170. The van der Waals surface area contributed by atoms with Crippen molar-refractivity contribution in [3.8, 4) is 5.75 Å². The lowest BCUT2D eigenvalue weighted by molar-refractivity contribution is 0.0599. The van der Waals surface area contributed by atoms with Crippen LogP contribution < -0.4 is 5.32 Å². The Hall–Kier alpha value is -3.95. The van der Waals surface area contributed by atoms with Crippen molar-refractivity contribution in [2.45, 2.75) is 18.9 Å². The largest absolute Gasteiger partial charge is 0.503 e. The first-order valence-corrected chi connectivity index (χ1v) is 8.72. The number of carboxylic acid groups (broad SMARTS) is 1. The van der Waals surface area contributed by atoms with Gasteiger partial charge in [-0.05, 0) is 36.1 Å². The molecular formula is C19H16N4O6. The highest BCUT2D eigenvalue weighted by Crippen LogP contribution is 2.32. The quantitative estimate of drug-likeness (QED) is 0.561. The van der Waals surface area contributed by atoms with E-state index < -0.39 is 17.8 Å². The van der Waals surface area contributed by atoms with Gasteiger partial charge in [-0.2, -0.15) is 5.10 Å². The van der Waals surface area contributed by atoms with Crippen LogP contribution in [-0.4, -0.2) is 49.8 Å². The van der Waals surface area contributed by atoms with Crippen molar-refractivity contribution in [1.82, 2.24) is 19.9 Å². The summed E-state index contributed by atoms with van der Waals surface area (Å²) in [5.74, 6) is -2.65. The van der Waals surface area contributed by atoms with E-state index in [1.165, 1.54) is 7.11 Å². The van der Waals surface area contributed by atoms with E-state index in [0.717, 1.165) is 27.9 Å². The predicted molar refractivity (Wildman–Crippen MR) is 97.9 cm³/mol. The Morgan fingerprint density at radius 2 is 2.07 bits per heavy atom. The molecule has 10 nitrogen and oxygen atoms in total. The standard InChI is InChI=1S/C19H16N4O6/c1-29-19(28)10-2-4-11-9(6-10)3-5-12(11)22-17(25)14-7-13(18(26)27)21-16-15(24)8-20-23(14)16/h2,4,6-8,12,24H,3,5H2,1H3,(H,22,25)(H,26,27)/t12-/m0/s1. The number of hydrogen-bond acceptors (Lipinski definition) is 7. The Morgan fingerprint density at radius 1 is 1.28 bits per heavy atom. The highest BCUT2D eigenvalue weighted by molar-refractivity contribution is 5.96. The van der Waals surface area contributed by atoms with E-state index in [1.807, 2.05) is 0 Å². The molecule has 3 N–H and O–H groups in total. The summed E-state index contributed by atoms with van der Waals surface area (Å²) in [7, 11) is 1.31. The fourth-order valence-corrected chi connectivity index (χ4v) is 3.47. The summed E-state index contributed by atoms with van der Waals surface area (Å²) in [6, 6.07) is 5.93. The van der Waals surface area contributed by atoms with Crippen LogP contribution in [0.5, 0.6) is 5.75 Å². The molecule has 0 saturated carbocycles. The molecule has 10 heteroatoms. The third kappa shape index (κ3) is 3.14. The third-order valence-corrected chi connectivity index (χ3v) is 4.85. The van der Waals surface area contributed by atoms with Gasteiger partial charge in [-0.25, -0.2) is 19.1 Å². The number of methoxy groups -OCH3 is 1. The number of nitrogens with one attached hydrogen (secondary N) is 1. The minimum absolute atomic E-state index is 0.0627. The fourth-order valence-electron chi connectivity index (χ4n) is 3.47. The number of aromatic carboxylic acids is 1. The second kappa shape index (κ2) is 6.89. The highest BCUT2D eigenvalue weighted by atomic mass is 16.5. The molecule has 0 saturated heterocycles. The van der Waals surface area contributed by atoms with E-state index in [-0.39, 0.29) is 28.8 Å². The first-order chi connectivity index (χ1) is 13.9. The van der Waals surface area contributed by atoms with E-state index in [2.05, 4.69) is 15.4 Å². The Kier molecular flexibility index (Phi) is 4.38. The van der Waals surface area contributed by atoms with Gasteiger partial charge >= 0.3 is 11.9 Å². The van der Waals surface area contributed by atoms with E-state index in [4.69, 9.17) is 4.74 Å². The predicted octanol–water partition coefficient (Wildman–Crippen LogP) is 1.34. The Balaban J connectivity index is 1.65. The molecule has 0 radical (unpaired) electrons. The average Bonchev–Trinajstić information content (AvgIpc) is 3.29. The van der Waals surface area contributed by atoms with Gasteiger partial charge in [-0.3, -0.25) is 4.79 Å². The summed E-state index contributed by atoms with van der Waals surface area (Å²) >= 11 is 0. The molecule has 1 aliphatic rings. The first-order valence-electron chi connectivity index (χ1n) is 8.72. The number of aromatic nitrogens is 3. The van der Waals surface area contributed by atoms with Gasteiger partial charge in [-0.1, -0.05) is 6.07 Å². The number of amides is 1. The molecule has 148 valence electrons. The molecule has 29 heavy (non-hydrogen) atoms. The Labute approximate surface area is 163 Å². The van der Waals surface area contributed by atoms with Gasteiger partial charge in [0.2, 0.25) is 0 Å². The first kappa shape index (κ1) is 18.4. The number of rotatable bonds is 4. The number of carbonyl (C=O) groups excluding carboxylic acids is 2. The van der Waals surface area contributed by atoms with Crippen LogP contribution in [-0.2, 0) is 11.2 Å². The second-order valence-corrected chi connectivity index (χ2v) is 6.57. The van der Waals surface area contributed by atoms with Crippen molar-refractivity contribution in [2.75, 3.05) is 7.11 Å². The van der Waals surface area contributed by atoms with Crippen LogP contribution in [0, 0.1) is 0 Å². The number of nitrogens with zero attached hydrogens (tertiary/aromatic N) is 3. The summed E-state index contributed by atoms with van der Waals surface area (Å²) in [4.78, 5) is 39.7. The van der Waals surface area contributed by atoms with Gasteiger partial charge in [0.15, 0.2) is 17.1 Å². The van der Waals surface area contributed by atoms with Crippen LogP contribution in [0.4, 0.5) is 0 Å². The summed E-state index contributed by atoms with van der Waals surface area (Å²) in [6.45, 7) is 0. The highest BCUT2D eigenvalue weighted by Gasteiger charge is 2.27. The smallest absolute Gasteiger partial charge is 0.354 e. The minimum Gasteiger partial charge on any atom is -0.503 e. The summed E-state index contributed by atoms with van der Waals surface area (Å²) in [5.41, 5.74) is 1.68. The molecule has 0 fully saturated rings. The molecule has 1 aliphatic carbocycles. The third-order valence-electron chi connectivity index (χ3n) is 4.85. The van der Waals surface area contributed by atoms with E-state index in [9.17, 15) is 24.6 Å². The van der Waals surface area contributed by atoms with Crippen LogP contribution >= 0.6 is 0 Å². The van der Waals surface area contributed by atoms with Crippen molar-refractivity contribution in [1.29, 1.82) is 0 Å². The van der Waals surface area contributed by atoms with Crippen molar-refractivity contribution in [2.24, 2.45) is 0 Å². The minimum atomic E-state index is -1.33. The summed E-state index contributed by atoms with van der Waals surface area (Å²) in [5, 5.41) is 25.8. The van der Waals surface area contributed by atoms with E-state index >= 15 is 0 Å². The number of carbonyl (C=O) groups is 3. The molecule has 2 aromatic heterocycles. The topological polar surface area (TPSA) is 143 Å². The molecule has 1 atom stereocenters. The average molecular weight is 396 g/mol. The van der Waals surface area contributed by atoms with Crippen molar-refractivity contribution >= 4 is 23.5 Å². The van der Waals surface area contributed by atoms with Crippen LogP contribution in [0.3, 0.4) is 0 Å². The van der Waals surface area contributed by atoms with Gasteiger partial charge in [0.05, 0.1) is 24.9 Å². The van der Waals surface area contributed by atoms with E-state index in [0.29, 0.717) is 18.4 Å². The molecule has 1 amide bonds. The lowest BCUT2D eigenvalue weighted by atomic mass is 10.0. The molecule has 0 unspecified atom stereocenters. The molecular weight excluding hydrogens is 380 g/mol. The van der Waals surface area contributed by atoms with Gasteiger partial charge in [0.25, 0.3) is 5.91 Å². The van der Waals surface area contributed by atoms with Gasteiger partial charge < -0.3 is 20.3 Å². The molecule has 0 bridgehead atoms. The Morgan fingerprint density at radius 3 is 2.79 bits per heavy atom. The van der Waals surface area contributed by atoms with Crippen molar-refractivity contribution in [3.05, 3.63) is 58.5 Å². The zero-order chi connectivity index (χ0) is 20.7. The lowest BCUT2D eigenvalue weighted by Gasteiger charge is -2.15. The van der Waals surface area contributed by atoms with Crippen LogP contribution in [0.1, 0.15) is 54.9 Å². The van der Waals surface area contributed by atoms with Crippen LogP contribution in [0.15, 0.2) is 30.5 Å². The van der Waals surface area contributed by atoms with Crippen LogP contribution in [0.25, 0.3) is 5.65 Å². The molecule has 3 aromatic rings. The molecule has 4 rings (SSSR count). The van der Waals surface area contributed by atoms with Crippen molar-refractivity contribution in [3.63, 3.8) is 0 Å². The number of aromatic hydroxyl groups is 1. The maximum Gasteiger partial charge on any atom is 0.354 e.